The summed E-state index contributed by atoms with van der Waals surface area (Å²) in [7, 11) is 0. The molecular formula is C18H27N7O2. The van der Waals surface area contributed by atoms with E-state index in [4.69, 9.17) is 5.73 Å². The van der Waals surface area contributed by atoms with Crippen LogP contribution in [0.1, 0.15) is 47.0 Å². The van der Waals surface area contributed by atoms with Crippen LogP contribution < -0.4 is 21.7 Å². The van der Waals surface area contributed by atoms with Gasteiger partial charge in [-0.05, 0) is 19.4 Å². The summed E-state index contributed by atoms with van der Waals surface area (Å²) in [6.45, 7) is 7.49. The minimum Gasteiger partial charge on any atom is -0.368 e. The quantitative estimate of drug-likeness (QED) is 0.556. The second-order valence-electron chi connectivity index (χ2n) is 6.90. The van der Waals surface area contributed by atoms with Gasteiger partial charge in [-0.2, -0.15) is 4.98 Å². The number of carbonyl (C=O) groups is 2. The Morgan fingerprint density at radius 3 is 2.59 bits per heavy atom. The van der Waals surface area contributed by atoms with E-state index in [2.05, 4.69) is 37.8 Å². The molecule has 27 heavy (non-hydrogen) atoms. The lowest BCUT2D eigenvalue weighted by atomic mass is 9.94. The summed E-state index contributed by atoms with van der Waals surface area (Å²) < 4.78 is 0. The zero-order chi connectivity index (χ0) is 20.0. The minimum atomic E-state index is -0.423. The molecule has 0 aliphatic heterocycles. The lowest BCUT2D eigenvalue weighted by molar-refractivity contribution is -0.119. The van der Waals surface area contributed by atoms with Gasteiger partial charge in [-0.15, -0.1) is 0 Å². The molecule has 2 aromatic rings. The Kier molecular flexibility index (Phi) is 6.49. The Labute approximate surface area is 158 Å². The van der Waals surface area contributed by atoms with Gasteiger partial charge >= 0.3 is 0 Å². The van der Waals surface area contributed by atoms with Crippen LogP contribution in [0.4, 0.5) is 17.5 Å². The predicted octanol–water partition coefficient (Wildman–Crippen LogP) is 2.06. The fraction of sp³-hybridized carbons (Fsp3) is 0.500. The lowest BCUT2D eigenvalue weighted by Crippen LogP contribution is -2.46. The van der Waals surface area contributed by atoms with Gasteiger partial charge in [0.05, 0.1) is 22.9 Å². The van der Waals surface area contributed by atoms with Crippen molar-refractivity contribution in [3.63, 3.8) is 0 Å². The van der Waals surface area contributed by atoms with Gasteiger partial charge in [0.2, 0.25) is 17.8 Å². The van der Waals surface area contributed by atoms with Crippen LogP contribution in [-0.4, -0.2) is 38.8 Å². The number of fused-ring (bicyclic) bond motifs is 1. The van der Waals surface area contributed by atoms with Crippen LogP contribution in [-0.2, 0) is 9.59 Å². The van der Waals surface area contributed by atoms with Crippen LogP contribution in [0.5, 0.6) is 0 Å². The van der Waals surface area contributed by atoms with Crippen LogP contribution >= 0.6 is 0 Å². The normalized spacial score (nSPS) is 13.0. The standard InChI is InChI=1S/C18H27N7O2/c1-5-6-7-18(4,10-21-11(2)26)25-16-15-14(23-17(19)24-16)8-13(9-20-15)22-12(3)27/h8-9H,5-7,10H2,1-4H3,(H,21,26)(H,22,27)(H3,19,23,24,25)/t18-/m1/s1. The molecule has 0 radical (unpaired) electrons. The number of rotatable bonds is 8. The van der Waals surface area contributed by atoms with E-state index in [9.17, 15) is 9.59 Å². The van der Waals surface area contributed by atoms with Crippen molar-refractivity contribution in [1.82, 2.24) is 20.3 Å². The average molecular weight is 373 g/mol. The molecule has 0 aliphatic carbocycles. The van der Waals surface area contributed by atoms with E-state index in [0.29, 0.717) is 29.1 Å². The smallest absolute Gasteiger partial charge is 0.222 e. The molecular weight excluding hydrogens is 346 g/mol. The summed E-state index contributed by atoms with van der Waals surface area (Å²) in [6, 6.07) is 1.70. The van der Waals surface area contributed by atoms with Crippen molar-refractivity contribution in [2.24, 2.45) is 0 Å². The molecule has 2 amide bonds. The number of nitrogens with zero attached hydrogens (tertiary/aromatic N) is 3. The van der Waals surface area contributed by atoms with Gasteiger partial charge in [-0.1, -0.05) is 19.8 Å². The second kappa shape index (κ2) is 8.61. The molecule has 2 aromatic heterocycles. The number of hydrogen-bond acceptors (Lipinski definition) is 7. The minimum absolute atomic E-state index is 0.0929. The number of nitrogens with two attached hydrogens (primary N) is 1. The predicted molar refractivity (Wildman–Crippen MR) is 106 cm³/mol. The SMILES string of the molecule is CCCC[C@](C)(CNC(C)=O)Nc1nc(N)nc2cc(NC(C)=O)cnc12. The van der Waals surface area contributed by atoms with E-state index in [1.165, 1.54) is 13.8 Å². The number of amides is 2. The second-order valence-corrected chi connectivity index (χ2v) is 6.90. The number of nitrogen functional groups attached to an aromatic ring is 1. The van der Waals surface area contributed by atoms with E-state index in [0.717, 1.165) is 19.3 Å². The molecule has 9 nitrogen and oxygen atoms in total. The van der Waals surface area contributed by atoms with Crippen LogP contribution in [0, 0.1) is 0 Å². The third-order valence-corrected chi connectivity index (χ3v) is 4.10. The Balaban J connectivity index is 2.39. The molecule has 2 heterocycles. The maximum absolute atomic E-state index is 11.4. The number of unbranched alkanes of at least 4 members (excludes halogenated alkanes) is 1. The summed E-state index contributed by atoms with van der Waals surface area (Å²) in [5.74, 6) is 0.309. The first-order valence-electron chi connectivity index (χ1n) is 8.96. The van der Waals surface area contributed by atoms with Crippen molar-refractivity contribution in [1.29, 1.82) is 0 Å². The molecule has 0 unspecified atom stereocenters. The molecule has 0 saturated carbocycles. The third kappa shape index (κ3) is 5.77. The Bertz CT molecular complexity index is 840. The van der Waals surface area contributed by atoms with Crippen molar-refractivity contribution in [2.75, 3.05) is 22.9 Å². The molecule has 1 atom stereocenters. The summed E-state index contributed by atoms with van der Waals surface area (Å²) >= 11 is 0. The van der Waals surface area contributed by atoms with Gasteiger partial charge in [0.15, 0.2) is 5.82 Å². The van der Waals surface area contributed by atoms with Crippen molar-refractivity contribution < 1.29 is 9.59 Å². The van der Waals surface area contributed by atoms with Gasteiger partial charge in [-0.3, -0.25) is 9.59 Å². The fourth-order valence-corrected chi connectivity index (χ4v) is 2.76. The summed E-state index contributed by atoms with van der Waals surface area (Å²) in [6.07, 6.45) is 4.40. The number of carbonyl (C=O) groups excluding carboxylic acids is 2. The Hall–Kier alpha value is -2.97. The van der Waals surface area contributed by atoms with Crippen molar-refractivity contribution in [3.8, 4) is 0 Å². The van der Waals surface area contributed by atoms with Crippen molar-refractivity contribution in [3.05, 3.63) is 12.3 Å². The van der Waals surface area contributed by atoms with E-state index in [1.807, 2.05) is 6.92 Å². The number of hydrogen-bond donors (Lipinski definition) is 4. The van der Waals surface area contributed by atoms with E-state index >= 15 is 0 Å². The topological polar surface area (TPSA) is 135 Å². The summed E-state index contributed by atoms with van der Waals surface area (Å²) in [5, 5.41) is 8.93. The average Bonchev–Trinajstić information content (AvgIpc) is 2.57. The molecule has 0 fully saturated rings. The first-order chi connectivity index (χ1) is 12.7. The zero-order valence-electron chi connectivity index (χ0n) is 16.2. The molecule has 5 N–H and O–H groups in total. The van der Waals surface area contributed by atoms with E-state index in [1.54, 1.807) is 12.3 Å². The van der Waals surface area contributed by atoms with Gasteiger partial charge < -0.3 is 21.7 Å². The van der Waals surface area contributed by atoms with Crippen molar-refractivity contribution in [2.45, 2.75) is 52.5 Å². The fourth-order valence-electron chi connectivity index (χ4n) is 2.76. The molecule has 146 valence electrons. The highest BCUT2D eigenvalue weighted by molar-refractivity contribution is 5.93. The van der Waals surface area contributed by atoms with Gasteiger partial charge in [-0.25, -0.2) is 9.97 Å². The van der Waals surface area contributed by atoms with Crippen LogP contribution in [0.15, 0.2) is 12.3 Å². The zero-order valence-corrected chi connectivity index (χ0v) is 16.2. The largest absolute Gasteiger partial charge is 0.368 e. The summed E-state index contributed by atoms with van der Waals surface area (Å²) in [5.41, 5.74) is 7.05. The van der Waals surface area contributed by atoms with Gasteiger partial charge in [0.1, 0.15) is 5.52 Å². The molecule has 0 bridgehead atoms. The molecule has 0 saturated heterocycles. The highest BCUT2D eigenvalue weighted by Gasteiger charge is 2.26. The first kappa shape index (κ1) is 20.3. The number of nitrogens with one attached hydrogen (secondary N) is 3. The van der Waals surface area contributed by atoms with Gasteiger partial charge in [0, 0.05) is 20.4 Å². The number of anilines is 3. The summed E-state index contributed by atoms with van der Waals surface area (Å²) in [4.78, 5) is 35.5. The highest BCUT2D eigenvalue weighted by atomic mass is 16.2. The first-order valence-corrected chi connectivity index (χ1v) is 8.96. The molecule has 2 rings (SSSR count). The third-order valence-electron chi connectivity index (χ3n) is 4.10. The Morgan fingerprint density at radius 2 is 1.96 bits per heavy atom. The maximum Gasteiger partial charge on any atom is 0.222 e. The van der Waals surface area contributed by atoms with E-state index in [-0.39, 0.29) is 17.8 Å². The van der Waals surface area contributed by atoms with Crippen LogP contribution in [0.25, 0.3) is 11.0 Å². The van der Waals surface area contributed by atoms with E-state index < -0.39 is 5.54 Å². The maximum atomic E-state index is 11.4. The van der Waals surface area contributed by atoms with Crippen LogP contribution in [0.3, 0.4) is 0 Å². The molecule has 0 aliphatic rings. The highest BCUT2D eigenvalue weighted by Crippen LogP contribution is 2.26. The van der Waals surface area contributed by atoms with Crippen LogP contribution in [0.2, 0.25) is 0 Å². The lowest BCUT2D eigenvalue weighted by Gasteiger charge is -2.32. The molecule has 9 heteroatoms. The molecule has 0 spiro atoms. The number of aromatic nitrogens is 3. The monoisotopic (exact) mass is 373 g/mol. The van der Waals surface area contributed by atoms with Gasteiger partial charge in [0.25, 0.3) is 0 Å². The Morgan fingerprint density at radius 1 is 1.22 bits per heavy atom. The van der Waals surface area contributed by atoms with Crippen molar-refractivity contribution >= 4 is 40.3 Å². The molecule has 0 aromatic carbocycles. The number of pyridine rings is 1.